The SMILES string of the molecule is [2H]c1c([2H])c([2H])c(-c2ccc3c(c2)N(c2cc(-c4ccccc4)cc(-c4ccccc4)c2)c2cc(-n4c5ccc(-n6c7ccccc7c7ccccc76)cc5c5c([2H])c(-n6c7c([2H])c([2H])c([2H])c([2H])c7c7c([2H])c([2H])c([2H])c([2H])c76)c([2H])c([2H])c54)cc4c2B3c2ccc(-n3c5ccc(C(C)C)cc5c5cc(C(C)(C)C)ccc53)cc2N4c2c(-c3ccccc3)cc(C(C)(C)C)cc2-c2ccccc2)c([2H])c1[2H]. The van der Waals surface area contributed by atoms with E-state index in [1.54, 1.807) is 0 Å². The molecule has 18 aromatic carbocycles. The van der Waals surface area contributed by atoms with Crippen molar-refractivity contribution >= 4 is 144 Å². The maximum atomic E-state index is 11.5. The van der Waals surface area contributed by atoms with Crippen LogP contribution in [0.25, 0.3) is 166 Å². The third kappa shape index (κ3) is 11.8. The van der Waals surface area contributed by atoms with Gasteiger partial charge in [-0.05, 0) is 240 Å². The number of rotatable bonds is 12. The molecule has 6 nitrogen and oxygen atoms in total. The van der Waals surface area contributed by atoms with Crippen LogP contribution in [0.3, 0.4) is 0 Å². The van der Waals surface area contributed by atoms with Crippen LogP contribution in [0.4, 0.5) is 34.1 Å². The molecular formula is C119H91BN6. The van der Waals surface area contributed by atoms with Gasteiger partial charge in [0.1, 0.15) is 0 Å². The zero-order chi connectivity index (χ0) is 98.5. The number of anilines is 6. The lowest BCUT2D eigenvalue weighted by atomic mass is 9.33. The van der Waals surface area contributed by atoms with Gasteiger partial charge in [-0.2, -0.15) is 0 Å². The van der Waals surface area contributed by atoms with Crippen LogP contribution in [0.2, 0.25) is 0 Å². The predicted molar refractivity (Wildman–Crippen MR) is 536 cm³/mol. The van der Waals surface area contributed by atoms with Crippen LogP contribution >= 0.6 is 0 Å². The Morgan fingerprint density at radius 2 is 0.714 bits per heavy atom. The van der Waals surface area contributed by atoms with Crippen LogP contribution in [0.15, 0.2) is 400 Å². The van der Waals surface area contributed by atoms with E-state index >= 15 is 0 Å². The molecule has 600 valence electrons. The first-order valence-electron chi connectivity index (χ1n) is 51.1. The van der Waals surface area contributed by atoms with Crippen molar-refractivity contribution in [3.63, 3.8) is 0 Å². The van der Waals surface area contributed by atoms with Crippen LogP contribution in [0.5, 0.6) is 0 Å². The van der Waals surface area contributed by atoms with Crippen molar-refractivity contribution in [1.82, 2.24) is 18.3 Å². The monoisotopic (exact) mass is 1630 g/mol. The van der Waals surface area contributed by atoms with Crippen LogP contribution < -0.4 is 26.2 Å². The van der Waals surface area contributed by atoms with Gasteiger partial charge in [0, 0.05) is 99.7 Å². The van der Waals surface area contributed by atoms with E-state index in [9.17, 15) is 17.8 Å². The van der Waals surface area contributed by atoms with Crippen molar-refractivity contribution < 1.29 is 21.9 Å². The van der Waals surface area contributed by atoms with Gasteiger partial charge in [0.05, 0.1) is 77.4 Å². The summed E-state index contributed by atoms with van der Waals surface area (Å²) in [6.07, 6.45) is 0. The molecule has 0 amide bonds. The van der Waals surface area contributed by atoms with Gasteiger partial charge in [-0.1, -0.05) is 310 Å². The van der Waals surface area contributed by atoms with Gasteiger partial charge in [0.25, 0.3) is 6.71 Å². The van der Waals surface area contributed by atoms with E-state index in [0.29, 0.717) is 50.6 Å². The Morgan fingerprint density at radius 3 is 1.30 bits per heavy atom. The molecule has 0 unspecified atom stereocenters. The summed E-state index contributed by atoms with van der Waals surface area (Å²) in [5, 5.41) is 4.14. The van der Waals surface area contributed by atoms with Gasteiger partial charge in [0.15, 0.2) is 0 Å². The topological polar surface area (TPSA) is 26.2 Å². The fraction of sp³-hybridized carbons (Fsp3) is 0.0924. The molecular weight excluding hydrogens is 1520 g/mol. The van der Waals surface area contributed by atoms with Crippen molar-refractivity contribution in [3.8, 4) is 78.4 Å². The molecule has 0 spiro atoms. The minimum atomic E-state index is -0.740. The second-order valence-corrected chi connectivity index (χ2v) is 35.8. The number of hydrogen-bond donors (Lipinski definition) is 0. The second-order valence-electron chi connectivity index (χ2n) is 35.8. The van der Waals surface area contributed by atoms with Crippen molar-refractivity contribution in [1.29, 1.82) is 0 Å². The van der Waals surface area contributed by atoms with Crippen molar-refractivity contribution in [2.75, 3.05) is 9.80 Å². The lowest BCUT2D eigenvalue weighted by molar-refractivity contribution is 0.590. The lowest BCUT2D eigenvalue weighted by Gasteiger charge is -2.45. The van der Waals surface area contributed by atoms with Gasteiger partial charge < -0.3 is 28.1 Å². The first kappa shape index (κ1) is 59.5. The van der Waals surface area contributed by atoms with Crippen LogP contribution in [-0.4, -0.2) is 25.0 Å². The summed E-state index contributed by atoms with van der Waals surface area (Å²) < 4.78 is 165. The minimum Gasteiger partial charge on any atom is -0.311 e. The molecule has 0 saturated heterocycles. The molecule has 0 radical (unpaired) electrons. The molecule has 2 aliphatic rings. The highest BCUT2D eigenvalue weighted by molar-refractivity contribution is 7.00. The Labute approximate surface area is 757 Å². The molecule has 7 heteroatoms. The van der Waals surface area contributed by atoms with E-state index in [0.717, 1.165) is 127 Å². The first-order chi connectivity index (χ1) is 68.2. The fourth-order valence-corrected chi connectivity index (χ4v) is 19.9. The van der Waals surface area contributed by atoms with E-state index < -0.39 is 96.7 Å². The molecule has 0 atom stereocenters. The average Bonchev–Trinajstić information content (AvgIpc) is 1.25. The minimum absolute atomic E-state index is 0.00863. The summed E-state index contributed by atoms with van der Waals surface area (Å²) in [7, 11) is 0. The lowest BCUT2D eigenvalue weighted by Crippen LogP contribution is -2.61. The summed E-state index contributed by atoms with van der Waals surface area (Å²) in [4.78, 5) is 4.69. The first-order valence-corrected chi connectivity index (χ1v) is 43.1. The molecule has 0 bridgehead atoms. The van der Waals surface area contributed by atoms with Crippen LogP contribution in [-0.2, 0) is 10.8 Å². The summed E-state index contributed by atoms with van der Waals surface area (Å²) in [6, 6.07) is 96.6. The smallest absolute Gasteiger partial charge is 0.252 e. The highest BCUT2D eigenvalue weighted by Gasteiger charge is 2.46. The molecule has 24 rings (SSSR count). The predicted octanol–water partition coefficient (Wildman–Crippen LogP) is 30.2. The normalized spacial score (nSPS) is 14.6. The Bertz CT molecular complexity index is 8980. The molecule has 22 aromatic rings. The number of hydrogen-bond acceptors (Lipinski definition) is 2. The van der Waals surface area contributed by atoms with E-state index in [-0.39, 0.29) is 67.4 Å². The van der Waals surface area contributed by atoms with Gasteiger partial charge in [-0.15, -0.1) is 0 Å². The maximum Gasteiger partial charge on any atom is 0.252 e. The number of para-hydroxylation sites is 4. The molecule has 4 aromatic heterocycles. The van der Waals surface area contributed by atoms with E-state index in [4.69, 9.17) is 4.11 Å². The van der Waals surface area contributed by atoms with E-state index in [2.05, 4.69) is 275 Å². The Balaban J connectivity index is 0.919. The van der Waals surface area contributed by atoms with Gasteiger partial charge >= 0.3 is 0 Å². The summed E-state index contributed by atoms with van der Waals surface area (Å²) >= 11 is 0. The Kier molecular flexibility index (Phi) is 13.6. The van der Waals surface area contributed by atoms with Crippen LogP contribution in [0.1, 0.15) is 99.9 Å². The third-order valence-corrected chi connectivity index (χ3v) is 26.0. The van der Waals surface area contributed by atoms with E-state index in [1.807, 2.05) is 108 Å². The zero-order valence-corrected chi connectivity index (χ0v) is 70.7. The Hall–Kier alpha value is -15.2. The summed E-state index contributed by atoms with van der Waals surface area (Å²) in [5.74, 6) is 0.205. The van der Waals surface area contributed by atoms with Gasteiger partial charge in [-0.25, -0.2) is 0 Å². The van der Waals surface area contributed by atoms with Crippen molar-refractivity contribution in [2.24, 2.45) is 0 Å². The average molecular weight is 1630 g/mol. The van der Waals surface area contributed by atoms with Gasteiger partial charge in [-0.3, -0.25) is 0 Å². The quantitative estimate of drug-likeness (QED) is 0.114. The molecule has 126 heavy (non-hydrogen) atoms. The zero-order valence-electron chi connectivity index (χ0n) is 86.7. The number of fused-ring (bicyclic) bond motifs is 16. The fourth-order valence-electron chi connectivity index (χ4n) is 19.9. The second kappa shape index (κ2) is 28.7. The maximum absolute atomic E-state index is 11.5. The number of aromatic nitrogens is 4. The largest absolute Gasteiger partial charge is 0.311 e. The molecule has 2 aliphatic heterocycles. The van der Waals surface area contributed by atoms with Crippen molar-refractivity contribution in [3.05, 3.63) is 417 Å². The molecule has 0 saturated carbocycles. The standard InChI is InChI=1S/C119H91BN6/c1-75(2)81-51-58-108-98(65-81)99-67-85(118(3,4)5)52-59-109(99)123(108)89-53-57-103-113(72-89)126(117-96(79-38-20-12-21-39-79)68-86(119(6,7)8)69-97(117)80-40-22-13-23-41-80)115-74-91(73-114-116(115)120(103)102-56-50-82(76-32-14-9-15-33-76)66-112(102)125(114)90-63-83(77-34-16-10-17-35-77)62-84(64-90)78-36-18-11-19-37-78)124-110-60-54-87(121-104-46-28-24-42-92(104)93-43-25-29-47-105(93)121)70-100(110)101-71-88(55-61-111(101)124)122-106-48-30-26-44-94(106)95-45-27-31-49-107(95)122/h9-75H,1-8H3/i9D,14D,15D,24D,25D,28D,29D,32D,33D,42D,43D,46D,47D,54D,60D,70D. The highest BCUT2D eigenvalue weighted by Crippen LogP contribution is 2.55. The summed E-state index contributed by atoms with van der Waals surface area (Å²) in [6.45, 7) is 17.2. The molecule has 0 N–H and O–H groups in total. The Morgan fingerprint density at radius 1 is 0.262 bits per heavy atom. The van der Waals surface area contributed by atoms with Gasteiger partial charge in [0.2, 0.25) is 0 Å². The number of nitrogens with zero attached hydrogens (tertiary/aromatic N) is 6. The van der Waals surface area contributed by atoms with E-state index in [1.165, 1.54) is 15.7 Å². The molecule has 6 heterocycles. The molecule has 0 fully saturated rings. The molecule has 0 aliphatic carbocycles. The highest BCUT2D eigenvalue weighted by atomic mass is 15.2. The number of benzene rings is 18. The summed E-state index contributed by atoms with van der Waals surface area (Å²) in [5.41, 5.74) is 22.0. The van der Waals surface area contributed by atoms with Crippen molar-refractivity contribution in [2.45, 2.75) is 72.1 Å². The van der Waals surface area contributed by atoms with Crippen LogP contribution in [0, 0.1) is 0 Å². The third-order valence-electron chi connectivity index (χ3n) is 26.0.